The maximum absolute atomic E-state index is 12.5. The van der Waals surface area contributed by atoms with E-state index in [1.807, 2.05) is 0 Å². The Balaban J connectivity index is 2.38. The second kappa shape index (κ2) is 7.83. The van der Waals surface area contributed by atoms with Crippen LogP contribution in [0.25, 0.3) is 0 Å². The van der Waals surface area contributed by atoms with E-state index in [4.69, 9.17) is 49.0 Å². The van der Waals surface area contributed by atoms with Crippen molar-refractivity contribution in [3.63, 3.8) is 0 Å². The largest absolute Gasteiger partial charge is 0.493 e. The van der Waals surface area contributed by atoms with Crippen LogP contribution in [0.1, 0.15) is 10.4 Å². The number of carbonyl (C=O) groups excluding carboxylic acids is 1. The minimum Gasteiger partial charge on any atom is -0.493 e. The van der Waals surface area contributed by atoms with Gasteiger partial charge in [0.15, 0.2) is 11.5 Å². The lowest BCUT2D eigenvalue weighted by molar-refractivity contribution is 0.102. The van der Waals surface area contributed by atoms with Crippen molar-refractivity contribution >= 4 is 46.4 Å². The standard InChI is InChI=1S/C16H14Cl3NO4/c1-22-13-4-8(5-14(23-2)15(13)24-3)16(21)20-12-7-10(18)9(17)6-11(12)19/h4-7H,1-3H3,(H,20,21). The van der Waals surface area contributed by atoms with E-state index in [9.17, 15) is 4.79 Å². The molecule has 0 fully saturated rings. The Morgan fingerprint density at radius 3 is 1.88 bits per heavy atom. The van der Waals surface area contributed by atoms with Crippen molar-refractivity contribution in [1.82, 2.24) is 0 Å². The molecule has 0 aromatic heterocycles. The highest BCUT2D eigenvalue weighted by Crippen LogP contribution is 2.39. The van der Waals surface area contributed by atoms with E-state index in [1.165, 1.54) is 45.6 Å². The van der Waals surface area contributed by atoms with Crippen molar-refractivity contribution in [1.29, 1.82) is 0 Å². The summed E-state index contributed by atoms with van der Waals surface area (Å²) in [4.78, 5) is 12.5. The van der Waals surface area contributed by atoms with Gasteiger partial charge in [-0.15, -0.1) is 0 Å². The first kappa shape index (κ1) is 18.5. The molecule has 5 nitrogen and oxygen atoms in total. The molecule has 0 unspecified atom stereocenters. The number of anilines is 1. The first-order chi connectivity index (χ1) is 11.4. The molecule has 0 spiro atoms. The molecular weight excluding hydrogens is 377 g/mol. The summed E-state index contributed by atoms with van der Waals surface area (Å²) < 4.78 is 15.7. The van der Waals surface area contributed by atoms with Gasteiger partial charge in [-0.1, -0.05) is 34.8 Å². The third-order valence-electron chi connectivity index (χ3n) is 3.19. The normalized spacial score (nSPS) is 10.2. The maximum Gasteiger partial charge on any atom is 0.255 e. The van der Waals surface area contributed by atoms with Crippen molar-refractivity contribution in [3.05, 3.63) is 44.9 Å². The van der Waals surface area contributed by atoms with E-state index in [-0.39, 0.29) is 10.0 Å². The summed E-state index contributed by atoms with van der Waals surface area (Å²) in [5, 5.41) is 3.51. The van der Waals surface area contributed by atoms with Crippen LogP contribution in [-0.4, -0.2) is 27.2 Å². The van der Waals surface area contributed by atoms with Crippen molar-refractivity contribution in [2.75, 3.05) is 26.6 Å². The molecule has 0 atom stereocenters. The van der Waals surface area contributed by atoms with E-state index < -0.39 is 5.91 Å². The predicted molar refractivity (Wildman–Crippen MR) is 95.5 cm³/mol. The van der Waals surface area contributed by atoms with Gasteiger partial charge in [-0.2, -0.15) is 0 Å². The second-order valence-electron chi connectivity index (χ2n) is 4.61. The number of halogens is 3. The molecule has 24 heavy (non-hydrogen) atoms. The predicted octanol–water partition coefficient (Wildman–Crippen LogP) is 4.92. The third-order valence-corrected chi connectivity index (χ3v) is 4.22. The van der Waals surface area contributed by atoms with Gasteiger partial charge in [0.25, 0.3) is 5.91 Å². The van der Waals surface area contributed by atoms with Crippen molar-refractivity contribution in [2.45, 2.75) is 0 Å². The molecule has 1 N–H and O–H groups in total. The summed E-state index contributed by atoms with van der Waals surface area (Å²) in [6, 6.07) is 5.99. The van der Waals surface area contributed by atoms with Crippen molar-refractivity contribution < 1.29 is 19.0 Å². The number of methoxy groups -OCH3 is 3. The van der Waals surface area contributed by atoms with Crippen LogP contribution >= 0.6 is 34.8 Å². The summed E-state index contributed by atoms with van der Waals surface area (Å²) in [7, 11) is 4.42. The Hall–Kier alpha value is -1.82. The SMILES string of the molecule is COc1cc(C(=O)Nc2cc(Cl)c(Cl)cc2Cl)cc(OC)c1OC. The Morgan fingerprint density at radius 1 is 0.833 bits per heavy atom. The molecule has 2 aromatic rings. The number of nitrogens with one attached hydrogen (secondary N) is 1. The van der Waals surface area contributed by atoms with Crippen LogP contribution in [0.4, 0.5) is 5.69 Å². The molecule has 2 aromatic carbocycles. The summed E-state index contributed by atoms with van der Waals surface area (Å²) in [6.07, 6.45) is 0. The van der Waals surface area contributed by atoms with Gasteiger partial charge in [-0.3, -0.25) is 4.79 Å². The van der Waals surface area contributed by atoms with Gasteiger partial charge in [0, 0.05) is 5.56 Å². The minimum atomic E-state index is -0.422. The smallest absolute Gasteiger partial charge is 0.255 e. The minimum absolute atomic E-state index is 0.269. The van der Waals surface area contributed by atoms with E-state index in [0.717, 1.165) is 0 Å². The highest BCUT2D eigenvalue weighted by molar-refractivity contribution is 6.44. The molecule has 128 valence electrons. The van der Waals surface area contributed by atoms with Crippen LogP contribution in [0.2, 0.25) is 15.1 Å². The van der Waals surface area contributed by atoms with E-state index in [0.29, 0.717) is 33.5 Å². The second-order valence-corrected chi connectivity index (χ2v) is 5.84. The van der Waals surface area contributed by atoms with Gasteiger partial charge in [0.2, 0.25) is 5.75 Å². The number of carbonyl (C=O) groups is 1. The zero-order valence-electron chi connectivity index (χ0n) is 13.1. The Kier molecular flexibility index (Phi) is 6.04. The molecule has 0 heterocycles. The third kappa shape index (κ3) is 3.80. The van der Waals surface area contributed by atoms with Crippen molar-refractivity contribution in [2.24, 2.45) is 0 Å². The van der Waals surface area contributed by atoms with Crippen LogP contribution in [0.3, 0.4) is 0 Å². The Bertz CT molecular complexity index is 755. The van der Waals surface area contributed by atoms with Crippen LogP contribution in [0.5, 0.6) is 17.2 Å². The first-order valence-corrected chi connectivity index (χ1v) is 7.80. The lowest BCUT2D eigenvalue weighted by Crippen LogP contribution is -2.13. The molecule has 0 aliphatic rings. The molecule has 0 aliphatic heterocycles. The number of benzene rings is 2. The van der Waals surface area contributed by atoms with Gasteiger partial charge < -0.3 is 19.5 Å². The quantitative estimate of drug-likeness (QED) is 0.736. The highest BCUT2D eigenvalue weighted by Gasteiger charge is 2.18. The number of amides is 1. The number of hydrogen-bond donors (Lipinski definition) is 1. The molecular formula is C16H14Cl3NO4. The summed E-state index contributed by atoms with van der Waals surface area (Å²) >= 11 is 17.9. The molecule has 0 radical (unpaired) electrons. The molecule has 0 aliphatic carbocycles. The summed E-state index contributed by atoms with van der Waals surface area (Å²) in [5.74, 6) is 0.697. The lowest BCUT2D eigenvalue weighted by atomic mass is 10.1. The zero-order valence-corrected chi connectivity index (χ0v) is 15.3. The fourth-order valence-electron chi connectivity index (χ4n) is 2.03. The molecule has 0 bridgehead atoms. The molecule has 8 heteroatoms. The fourth-order valence-corrected chi connectivity index (χ4v) is 2.62. The van der Waals surface area contributed by atoms with Gasteiger partial charge in [-0.05, 0) is 24.3 Å². The Labute approximate surface area is 154 Å². The molecule has 0 saturated carbocycles. The van der Waals surface area contributed by atoms with Crippen LogP contribution < -0.4 is 19.5 Å². The van der Waals surface area contributed by atoms with Gasteiger partial charge >= 0.3 is 0 Å². The van der Waals surface area contributed by atoms with E-state index in [2.05, 4.69) is 5.32 Å². The lowest BCUT2D eigenvalue weighted by Gasteiger charge is -2.14. The van der Waals surface area contributed by atoms with Crippen LogP contribution in [-0.2, 0) is 0 Å². The van der Waals surface area contributed by atoms with Gasteiger partial charge in [-0.25, -0.2) is 0 Å². The zero-order chi connectivity index (χ0) is 17.9. The maximum atomic E-state index is 12.5. The molecule has 1 amide bonds. The number of rotatable bonds is 5. The van der Waals surface area contributed by atoms with Gasteiger partial charge in [0.05, 0.1) is 42.1 Å². The molecule has 2 rings (SSSR count). The fraction of sp³-hybridized carbons (Fsp3) is 0.188. The van der Waals surface area contributed by atoms with E-state index in [1.54, 1.807) is 0 Å². The summed E-state index contributed by atoms with van der Waals surface area (Å²) in [5.41, 5.74) is 0.636. The van der Waals surface area contributed by atoms with Crippen LogP contribution in [0, 0.1) is 0 Å². The van der Waals surface area contributed by atoms with Crippen molar-refractivity contribution in [3.8, 4) is 17.2 Å². The monoisotopic (exact) mass is 389 g/mol. The Morgan fingerprint density at radius 2 is 1.38 bits per heavy atom. The van der Waals surface area contributed by atoms with Gasteiger partial charge in [0.1, 0.15) is 0 Å². The average molecular weight is 391 g/mol. The molecule has 0 saturated heterocycles. The summed E-state index contributed by atoms with van der Waals surface area (Å²) in [6.45, 7) is 0. The van der Waals surface area contributed by atoms with E-state index >= 15 is 0 Å². The topological polar surface area (TPSA) is 56.8 Å². The average Bonchev–Trinajstić information content (AvgIpc) is 2.57. The van der Waals surface area contributed by atoms with Crippen LogP contribution in [0.15, 0.2) is 24.3 Å². The first-order valence-electron chi connectivity index (χ1n) is 6.67. The highest BCUT2D eigenvalue weighted by atomic mass is 35.5. The number of hydrogen-bond acceptors (Lipinski definition) is 4. The number of ether oxygens (including phenoxy) is 3.